The molecule has 4 rings (SSSR count). The van der Waals surface area contributed by atoms with Gasteiger partial charge in [-0.25, -0.2) is 8.42 Å². The molecule has 0 aliphatic carbocycles. The van der Waals surface area contributed by atoms with Crippen LogP contribution < -0.4 is 19.0 Å². The van der Waals surface area contributed by atoms with Gasteiger partial charge in [-0.3, -0.25) is 14.3 Å². The zero-order valence-electron chi connectivity index (χ0n) is 20.1. The first-order chi connectivity index (χ1) is 17.7. The molecule has 0 fully saturated rings. The van der Waals surface area contributed by atoms with Gasteiger partial charge in [0.05, 0.1) is 36.4 Å². The van der Waals surface area contributed by atoms with Crippen LogP contribution in [0.1, 0.15) is 10.4 Å². The molecule has 1 N–H and O–H groups in total. The van der Waals surface area contributed by atoms with E-state index in [4.69, 9.17) is 14.2 Å². The van der Waals surface area contributed by atoms with E-state index in [1.165, 1.54) is 62.0 Å². The summed E-state index contributed by atoms with van der Waals surface area (Å²) in [6, 6.07) is 17.2. The number of methoxy groups -OCH3 is 3. The van der Waals surface area contributed by atoms with Gasteiger partial charge in [-0.15, -0.1) is 0 Å². The lowest BCUT2D eigenvalue weighted by Gasteiger charge is -2.09. The molecule has 0 aliphatic heterocycles. The fourth-order valence-electron chi connectivity index (χ4n) is 3.41. The Morgan fingerprint density at radius 1 is 0.919 bits per heavy atom. The second-order valence-corrected chi connectivity index (χ2v) is 10.3. The Bertz CT molecular complexity index is 1620. The van der Waals surface area contributed by atoms with Crippen molar-refractivity contribution in [2.75, 3.05) is 26.1 Å². The van der Waals surface area contributed by atoms with E-state index in [0.717, 1.165) is 4.70 Å². The molecule has 192 valence electrons. The molecule has 37 heavy (non-hydrogen) atoms. The summed E-state index contributed by atoms with van der Waals surface area (Å²) < 4.78 is 45.3. The lowest BCUT2D eigenvalue weighted by molar-refractivity contribution is -0.141. The normalized spacial score (nSPS) is 11.8. The minimum atomic E-state index is -3.83. The standard InChI is InChI=1S/C25H23N3O7S2/c1-33-18-8-11-20(12-9-18)37(31,32)27-17-6-4-16(5-7-17)24(30)26-25-28(15-23(29)35-3)21-13-10-19(34-2)14-22(21)36-25/h4-14,27H,15H2,1-3H3. The van der Waals surface area contributed by atoms with Crippen molar-refractivity contribution in [3.8, 4) is 11.5 Å². The number of rotatable bonds is 8. The van der Waals surface area contributed by atoms with Crippen molar-refractivity contribution in [1.29, 1.82) is 0 Å². The number of amides is 1. The van der Waals surface area contributed by atoms with Gasteiger partial charge >= 0.3 is 5.97 Å². The molecule has 0 saturated heterocycles. The average molecular weight is 542 g/mol. The number of fused-ring (bicyclic) bond motifs is 1. The van der Waals surface area contributed by atoms with Gasteiger partial charge < -0.3 is 18.8 Å². The SMILES string of the molecule is COC(=O)Cn1c(=NC(=O)c2ccc(NS(=O)(=O)c3ccc(OC)cc3)cc2)sc2cc(OC)ccc21. The molecule has 0 saturated carbocycles. The summed E-state index contributed by atoms with van der Waals surface area (Å²) in [5, 5.41) is 0. The van der Waals surface area contributed by atoms with Crippen molar-refractivity contribution in [1.82, 2.24) is 4.57 Å². The Morgan fingerprint density at radius 2 is 1.57 bits per heavy atom. The Labute approximate surface area is 216 Å². The quantitative estimate of drug-likeness (QED) is 0.339. The van der Waals surface area contributed by atoms with Crippen LogP contribution >= 0.6 is 11.3 Å². The molecule has 0 unspecified atom stereocenters. The molecule has 1 aromatic heterocycles. The predicted molar refractivity (Wildman–Crippen MR) is 139 cm³/mol. The van der Waals surface area contributed by atoms with Crippen LogP contribution in [0.5, 0.6) is 11.5 Å². The molecular weight excluding hydrogens is 518 g/mol. The topological polar surface area (TPSA) is 125 Å². The molecule has 10 nitrogen and oxygen atoms in total. The maximum Gasteiger partial charge on any atom is 0.325 e. The number of hydrogen-bond donors (Lipinski definition) is 1. The molecule has 12 heteroatoms. The molecule has 1 amide bonds. The second-order valence-electron chi connectivity index (χ2n) is 7.66. The summed E-state index contributed by atoms with van der Waals surface area (Å²) in [7, 11) is 0.497. The fraction of sp³-hybridized carbons (Fsp3) is 0.160. The van der Waals surface area contributed by atoms with E-state index in [0.29, 0.717) is 21.8 Å². The molecule has 4 aromatic rings. The van der Waals surface area contributed by atoms with Gasteiger partial charge in [-0.2, -0.15) is 4.99 Å². The van der Waals surface area contributed by atoms with Crippen molar-refractivity contribution >= 4 is 49.1 Å². The minimum Gasteiger partial charge on any atom is -0.497 e. The Balaban J connectivity index is 1.61. The van der Waals surface area contributed by atoms with Crippen LogP contribution in [0.2, 0.25) is 0 Å². The molecule has 0 bridgehead atoms. The van der Waals surface area contributed by atoms with Crippen molar-refractivity contribution < 1.29 is 32.2 Å². The number of carbonyl (C=O) groups is 2. The van der Waals surface area contributed by atoms with Crippen LogP contribution in [0.4, 0.5) is 5.69 Å². The molecular formula is C25H23N3O7S2. The highest BCUT2D eigenvalue weighted by Crippen LogP contribution is 2.24. The Hall–Kier alpha value is -4.16. The van der Waals surface area contributed by atoms with Gasteiger partial charge in [0.25, 0.3) is 15.9 Å². The number of esters is 1. The van der Waals surface area contributed by atoms with E-state index in [9.17, 15) is 18.0 Å². The number of hydrogen-bond acceptors (Lipinski definition) is 8. The van der Waals surface area contributed by atoms with Crippen molar-refractivity contribution in [2.24, 2.45) is 4.99 Å². The number of nitrogens with one attached hydrogen (secondary N) is 1. The third-order valence-corrected chi connectivity index (χ3v) is 7.79. The second kappa shape index (κ2) is 10.8. The highest BCUT2D eigenvalue weighted by Gasteiger charge is 2.16. The highest BCUT2D eigenvalue weighted by molar-refractivity contribution is 7.92. The molecule has 0 aliphatic rings. The number of nitrogens with zero attached hydrogens (tertiary/aromatic N) is 2. The molecule has 0 radical (unpaired) electrons. The van der Waals surface area contributed by atoms with Gasteiger partial charge in [0.15, 0.2) is 4.80 Å². The van der Waals surface area contributed by atoms with Crippen molar-refractivity contribution in [3.05, 3.63) is 77.1 Å². The number of anilines is 1. The fourth-order valence-corrected chi connectivity index (χ4v) is 5.53. The minimum absolute atomic E-state index is 0.0694. The zero-order valence-corrected chi connectivity index (χ0v) is 21.8. The van der Waals surface area contributed by atoms with Crippen molar-refractivity contribution in [3.63, 3.8) is 0 Å². The number of sulfonamides is 1. The van der Waals surface area contributed by atoms with E-state index in [1.54, 1.807) is 42.0 Å². The maximum atomic E-state index is 12.9. The third-order valence-electron chi connectivity index (χ3n) is 5.36. The summed E-state index contributed by atoms with van der Waals surface area (Å²) in [4.78, 5) is 29.5. The van der Waals surface area contributed by atoms with E-state index < -0.39 is 21.9 Å². The van der Waals surface area contributed by atoms with Gasteiger partial charge in [-0.05, 0) is 66.7 Å². The monoisotopic (exact) mass is 541 g/mol. The zero-order chi connectivity index (χ0) is 26.6. The average Bonchev–Trinajstić information content (AvgIpc) is 3.24. The van der Waals surface area contributed by atoms with Crippen LogP contribution in [-0.4, -0.2) is 46.2 Å². The number of ether oxygens (including phenoxy) is 3. The summed E-state index contributed by atoms with van der Waals surface area (Å²) in [5.74, 6) is 0.125. The molecule has 3 aromatic carbocycles. The van der Waals surface area contributed by atoms with Gasteiger partial charge in [0.2, 0.25) is 0 Å². The van der Waals surface area contributed by atoms with E-state index in [-0.39, 0.29) is 22.7 Å². The maximum absolute atomic E-state index is 12.9. The smallest absolute Gasteiger partial charge is 0.325 e. The Kier molecular flexibility index (Phi) is 7.60. The lowest BCUT2D eigenvalue weighted by Crippen LogP contribution is -2.22. The van der Waals surface area contributed by atoms with Gasteiger partial charge in [-0.1, -0.05) is 11.3 Å². The van der Waals surface area contributed by atoms with Crippen molar-refractivity contribution in [2.45, 2.75) is 11.4 Å². The highest BCUT2D eigenvalue weighted by atomic mass is 32.2. The molecule has 1 heterocycles. The summed E-state index contributed by atoms with van der Waals surface area (Å²) in [6.07, 6.45) is 0. The molecule has 0 atom stereocenters. The number of aromatic nitrogens is 1. The lowest BCUT2D eigenvalue weighted by atomic mass is 10.2. The summed E-state index contributed by atoms with van der Waals surface area (Å²) >= 11 is 1.23. The molecule has 0 spiro atoms. The first-order valence-electron chi connectivity index (χ1n) is 10.8. The van der Waals surface area contributed by atoms with Crippen LogP contribution in [-0.2, 0) is 26.1 Å². The predicted octanol–water partition coefficient (Wildman–Crippen LogP) is 3.43. The van der Waals surface area contributed by atoms with E-state index in [1.807, 2.05) is 0 Å². The van der Waals surface area contributed by atoms with Crippen LogP contribution in [0.3, 0.4) is 0 Å². The first-order valence-corrected chi connectivity index (χ1v) is 13.1. The summed E-state index contributed by atoms with van der Waals surface area (Å²) in [5.41, 5.74) is 1.22. The number of benzene rings is 3. The van der Waals surface area contributed by atoms with E-state index in [2.05, 4.69) is 9.71 Å². The largest absolute Gasteiger partial charge is 0.497 e. The van der Waals surface area contributed by atoms with Gasteiger partial charge in [0, 0.05) is 11.3 Å². The van der Waals surface area contributed by atoms with Gasteiger partial charge in [0.1, 0.15) is 18.0 Å². The third kappa shape index (κ3) is 5.81. The van der Waals surface area contributed by atoms with Crippen LogP contribution in [0.15, 0.2) is 76.6 Å². The number of thiazole rings is 1. The number of carbonyl (C=O) groups excluding carboxylic acids is 2. The first kappa shape index (κ1) is 25.9. The van der Waals surface area contributed by atoms with Crippen LogP contribution in [0, 0.1) is 0 Å². The van der Waals surface area contributed by atoms with Crippen LogP contribution in [0.25, 0.3) is 10.2 Å². The van der Waals surface area contributed by atoms with E-state index >= 15 is 0 Å². The summed E-state index contributed by atoms with van der Waals surface area (Å²) in [6.45, 7) is -0.124. The Morgan fingerprint density at radius 3 is 2.19 bits per heavy atom.